The monoisotopic (exact) mass is 241 g/mol. The van der Waals surface area contributed by atoms with Crippen molar-refractivity contribution in [3.05, 3.63) is 12.1 Å². The highest BCUT2D eigenvalue weighted by atomic mass is 32.1. The van der Waals surface area contributed by atoms with Crippen LogP contribution in [0.5, 0.6) is 0 Å². The molecule has 0 aliphatic carbocycles. The van der Waals surface area contributed by atoms with Crippen molar-refractivity contribution in [1.82, 2.24) is 4.98 Å². The third-order valence-corrected chi connectivity index (χ3v) is 3.30. The second kappa shape index (κ2) is 4.73. The molecule has 0 unspecified atom stereocenters. The van der Waals surface area contributed by atoms with Gasteiger partial charge >= 0.3 is 0 Å². The standard InChI is InChI=1S/C10H15N3O2S/c11-9-5-7-8(16-9)6-10(12-7)13(1-3-14)2-4-15/h5-6,12,14-15H,1-4,11H2. The average molecular weight is 241 g/mol. The van der Waals surface area contributed by atoms with E-state index in [1.54, 1.807) is 0 Å². The zero-order valence-electron chi connectivity index (χ0n) is 8.81. The first-order valence-electron chi connectivity index (χ1n) is 5.09. The van der Waals surface area contributed by atoms with Crippen molar-refractivity contribution >= 4 is 32.4 Å². The van der Waals surface area contributed by atoms with Gasteiger partial charge in [0.25, 0.3) is 0 Å². The van der Waals surface area contributed by atoms with E-state index in [1.165, 1.54) is 11.3 Å². The number of hydrogen-bond acceptors (Lipinski definition) is 5. The third kappa shape index (κ3) is 2.13. The summed E-state index contributed by atoms with van der Waals surface area (Å²) in [6, 6.07) is 3.88. The number of rotatable bonds is 5. The Morgan fingerprint density at radius 2 is 1.94 bits per heavy atom. The summed E-state index contributed by atoms with van der Waals surface area (Å²) < 4.78 is 1.09. The largest absolute Gasteiger partial charge is 0.395 e. The van der Waals surface area contributed by atoms with E-state index in [4.69, 9.17) is 15.9 Å². The van der Waals surface area contributed by atoms with Crippen molar-refractivity contribution in [3.8, 4) is 0 Å². The van der Waals surface area contributed by atoms with Crippen molar-refractivity contribution < 1.29 is 10.2 Å². The Bertz CT molecular complexity index is 428. The summed E-state index contributed by atoms with van der Waals surface area (Å²) in [6.45, 7) is 1.14. The first-order chi connectivity index (χ1) is 7.74. The molecule has 0 atom stereocenters. The summed E-state index contributed by atoms with van der Waals surface area (Å²) >= 11 is 1.52. The van der Waals surface area contributed by atoms with Crippen LogP contribution in [0.25, 0.3) is 10.2 Å². The fourth-order valence-corrected chi connectivity index (χ4v) is 2.51. The normalized spacial score (nSPS) is 11.1. The number of hydrogen-bond donors (Lipinski definition) is 4. The van der Waals surface area contributed by atoms with E-state index in [-0.39, 0.29) is 13.2 Å². The lowest BCUT2D eigenvalue weighted by Crippen LogP contribution is -2.29. The number of thiophene rings is 1. The van der Waals surface area contributed by atoms with Gasteiger partial charge in [-0.2, -0.15) is 0 Å². The highest BCUT2D eigenvalue weighted by Crippen LogP contribution is 2.30. The lowest BCUT2D eigenvalue weighted by molar-refractivity contribution is 0.281. The highest BCUT2D eigenvalue weighted by Gasteiger charge is 2.10. The zero-order valence-corrected chi connectivity index (χ0v) is 9.63. The summed E-state index contributed by atoms with van der Waals surface area (Å²) in [5, 5.41) is 18.7. The number of fused-ring (bicyclic) bond motifs is 1. The van der Waals surface area contributed by atoms with Crippen LogP contribution < -0.4 is 10.6 Å². The van der Waals surface area contributed by atoms with E-state index in [2.05, 4.69) is 4.98 Å². The van der Waals surface area contributed by atoms with Crippen molar-refractivity contribution in [2.45, 2.75) is 0 Å². The van der Waals surface area contributed by atoms with E-state index in [1.807, 2.05) is 17.0 Å². The van der Waals surface area contributed by atoms with Gasteiger partial charge < -0.3 is 25.8 Å². The molecule has 0 saturated heterocycles. The molecule has 6 heteroatoms. The number of nitrogens with zero attached hydrogens (tertiary/aromatic N) is 1. The Morgan fingerprint density at radius 3 is 2.50 bits per heavy atom. The third-order valence-electron chi connectivity index (χ3n) is 2.39. The summed E-state index contributed by atoms with van der Waals surface area (Å²) in [4.78, 5) is 5.13. The van der Waals surface area contributed by atoms with Crippen LogP contribution in [0, 0.1) is 0 Å². The van der Waals surface area contributed by atoms with E-state index in [0.717, 1.165) is 21.0 Å². The van der Waals surface area contributed by atoms with Crippen molar-refractivity contribution in [2.75, 3.05) is 36.9 Å². The van der Waals surface area contributed by atoms with Crippen LogP contribution in [-0.4, -0.2) is 41.5 Å². The number of aromatic amines is 1. The molecule has 0 saturated carbocycles. The summed E-state index contributed by atoms with van der Waals surface area (Å²) in [7, 11) is 0. The van der Waals surface area contributed by atoms with Crippen LogP contribution in [0.2, 0.25) is 0 Å². The maximum atomic E-state index is 8.94. The molecule has 5 N–H and O–H groups in total. The minimum atomic E-state index is 0.0643. The predicted octanol–water partition coefficient (Wildman–Crippen LogP) is 0.603. The molecule has 2 aromatic heterocycles. The first-order valence-corrected chi connectivity index (χ1v) is 5.91. The van der Waals surface area contributed by atoms with Crippen molar-refractivity contribution in [3.63, 3.8) is 0 Å². The Hall–Kier alpha value is -1.24. The van der Waals surface area contributed by atoms with Crippen LogP contribution >= 0.6 is 11.3 Å². The quantitative estimate of drug-likeness (QED) is 0.617. The number of aliphatic hydroxyl groups is 2. The predicted molar refractivity (Wildman–Crippen MR) is 67.0 cm³/mol. The molecule has 0 amide bonds. The molecule has 16 heavy (non-hydrogen) atoms. The fraction of sp³-hybridized carbons (Fsp3) is 0.400. The van der Waals surface area contributed by atoms with Gasteiger partial charge in [0.2, 0.25) is 0 Å². The van der Waals surface area contributed by atoms with E-state index >= 15 is 0 Å². The molecule has 0 radical (unpaired) electrons. The smallest absolute Gasteiger partial charge is 0.107 e. The van der Waals surface area contributed by atoms with Gasteiger partial charge in [-0.25, -0.2) is 0 Å². The molecular weight excluding hydrogens is 226 g/mol. The van der Waals surface area contributed by atoms with Crippen molar-refractivity contribution in [1.29, 1.82) is 0 Å². The second-order valence-corrected chi connectivity index (χ2v) is 4.63. The number of nitrogen functional groups attached to an aromatic ring is 1. The lowest BCUT2D eigenvalue weighted by Gasteiger charge is -2.20. The number of nitrogens with two attached hydrogens (primary N) is 1. The zero-order chi connectivity index (χ0) is 11.5. The van der Waals surface area contributed by atoms with Gasteiger partial charge in [-0.05, 0) is 12.1 Å². The van der Waals surface area contributed by atoms with Crippen LogP contribution in [-0.2, 0) is 0 Å². The van der Waals surface area contributed by atoms with Gasteiger partial charge in [0, 0.05) is 13.1 Å². The Morgan fingerprint density at radius 1 is 1.25 bits per heavy atom. The molecule has 0 aliphatic rings. The molecule has 2 rings (SSSR count). The van der Waals surface area contributed by atoms with Crippen LogP contribution in [0.4, 0.5) is 10.8 Å². The Balaban J connectivity index is 2.25. The number of aromatic nitrogens is 1. The van der Waals surface area contributed by atoms with E-state index < -0.39 is 0 Å². The highest BCUT2D eigenvalue weighted by molar-refractivity contribution is 7.22. The molecule has 0 bridgehead atoms. The SMILES string of the molecule is Nc1cc2[nH]c(N(CCO)CCO)cc2s1. The summed E-state index contributed by atoms with van der Waals surface area (Å²) in [5.74, 6) is 0.907. The van der Waals surface area contributed by atoms with Crippen molar-refractivity contribution in [2.24, 2.45) is 0 Å². The van der Waals surface area contributed by atoms with Gasteiger partial charge in [-0.3, -0.25) is 0 Å². The average Bonchev–Trinajstić information content (AvgIpc) is 2.74. The molecule has 88 valence electrons. The first kappa shape index (κ1) is 11.3. The van der Waals surface area contributed by atoms with Gasteiger partial charge in [0.15, 0.2) is 0 Å². The van der Waals surface area contributed by atoms with Crippen LogP contribution in [0.15, 0.2) is 12.1 Å². The van der Waals surface area contributed by atoms with Crippen LogP contribution in [0.3, 0.4) is 0 Å². The Kier molecular flexibility index (Phi) is 3.33. The molecular formula is C10H15N3O2S. The number of nitrogens with one attached hydrogen (secondary N) is 1. The molecule has 0 aliphatic heterocycles. The molecule has 0 aromatic carbocycles. The number of anilines is 2. The summed E-state index contributed by atoms with van der Waals surface area (Å²) in [5.41, 5.74) is 6.68. The molecule has 0 fully saturated rings. The molecule has 2 aromatic rings. The maximum absolute atomic E-state index is 8.94. The maximum Gasteiger partial charge on any atom is 0.107 e. The summed E-state index contributed by atoms with van der Waals surface area (Å²) in [6.07, 6.45) is 0. The van der Waals surface area contributed by atoms with Gasteiger partial charge in [0.1, 0.15) is 5.82 Å². The molecule has 2 heterocycles. The minimum absolute atomic E-state index is 0.0643. The number of H-pyrrole nitrogens is 1. The Labute approximate surface area is 97.1 Å². The lowest BCUT2D eigenvalue weighted by atomic mass is 10.4. The van der Waals surface area contributed by atoms with E-state index in [0.29, 0.717) is 13.1 Å². The second-order valence-electron chi connectivity index (χ2n) is 3.52. The van der Waals surface area contributed by atoms with Gasteiger partial charge in [-0.1, -0.05) is 0 Å². The van der Waals surface area contributed by atoms with Gasteiger partial charge in [0.05, 0.1) is 28.4 Å². The molecule has 0 spiro atoms. The van der Waals surface area contributed by atoms with Gasteiger partial charge in [-0.15, -0.1) is 11.3 Å². The fourth-order valence-electron chi connectivity index (χ4n) is 1.69. The van der Waals surface area contributed by atoms with E-state index in [9.17, 15) is 0 Å². The topological polar surface area (TPSA) is 85.5 Å². The number of aliphatic hydroxyl groups excluding tert-OH is 2. The molecule has 5 nitrogen and oxygen atoms in total. The minimum Gasteiger partial charge on any atom is -0.395 e. The van der Waals surface area contributed by atoms with Crippen LogP contribution in [0.1, 0.15) is 0 Å².